The van der Waals surface area contributed by atoms with E-state index in [1.54, 1.807) is 6.08 Å². The van der Waals surface area contributed by atoms with E-state index in [9.17, 15) is 19.4 Å². The molecule has 0 aliphatic rings. The van der Waals surface area contributed by atoms with E-state index in [4.69, 9.17) is 9.05 Å². The lowest BCUT2D eigenvalue weighted by molar-refractivity contribution is -0.870. The Kier molecular flexibility index (Phi) is 30.7. The first-order valence-corrected chi connectivity index (χ1v) is 21.0. The van der Waals surface area contributed by atoms with Crippen molar-refractivity contribution >= 4 is 13.7 Å². The lowest BCUT2D eigenvalue weighted by Gasteiger charge is -2.29. The number of hydrogen-bond donors (Lipinski definition) is 2. The van der Waals surface area contributed by atoms with Gasteiger partial charge in [0, 0.05) is 6.42 Å². The van der Waals surface area contributed by atoms with Gasteiger partial charge in [0.25, 0.3) is 7.82 Å². The van der Waals surface area contributed by atoms with Crippen LogP contribution in [0.5, 0.6) is 0 Å². The second-order valence-corrected chi connectivity index (χ2v) is 16.1. The normalized spacial score (nSPS) is 14.8. The van der Waals surface area contributed by atoms with Crippen LogP contribution in [0.1, 0.15) is 174 Å². The third-order valence-corrected chi connectivity index (χ3v) is 9.71. The van der Waals surface area contributed by atoms with Gasteiger partial charge in [-0.15, -0.1) is 0 Å². The van der Waals surface area contributed by atoms with Crippen LogP contribution in [0.3, 0.4) is 0 Å². The minimum Gasteiger partial charge on any atom is -0.756 e. The Bertz CT molecular complexity index is 789. The number of phosphoric ester groups is 1. The number of unbranched alkanes of at least 4 members (excludes halogenated alkanes) is 22. The summed E-state index contributed by atoms with van der Waals surface area (Å²) < 4.78 is 22.9. The minimum absolute atomic E-state index is 0.000251. The predicted octanol–water partition coefficient (Wildman–Crippen LogP) is 9.39. The quantitative estimate of drug-likeness (QED) is 0.0297. The Labute approximate surface area is 291 Å². The van der Waals surface area contributed by atoms with Crippen molar-refractivity contribution in [2.75, 3.05) is 40.9 Å². The summed E-state index contributed by atoms with van der Waals surface area (Å²) in [4.78, 5) is 24.7. The Morgan fingerprint density at radius 3 is 1.60 bits per heavy atom. The number of rotatable bonds is 35. The van der Waals surface area contributed by atoms with E-state index in [2.05, 4.69) is 19.2 Å². The van der Waals surface area contributed by atoms with E-state index in [0.717, 1.165) is 38.5 Å². The van der Waals surface area contributed by atoms with Crippen molar-refractivity contribution in [2.24, 2.45) is 0 Å². The molecule has 0 aromatic carbocycles. The number of amides is 1. The minimum atomic E-state index is -4.56. The number of aliphatic hydroxyl groups excluding tert-OH is 1. The van der Waals surface area contributed by atoms with Crippen molar-refractivity contribution in [3.05, 3.63) is 12.2 Å². The van der Waals surface area contributed by atoms with Gasteiger partial charge in [0.1, 0.15) is 13.2 Å². The van der Waals surface area contributed by atoms with Crippen LogP contribution >= 0.6 is 7.82 Å². The molecule has 0 saturated heterocycles. The number of carbonyl (C=O) groups excluding carboxylic acids is 1. The number of nitrogens with zero attached hydrogens (tertiary/aromatic N) is 1. The second-order valence-electron chi connectivity index (χ2n) is 14.6. The van der Waals surface area contributed by atoms with Gasteiger partial charge < -0.3 is 28.8 Å². The van der Waals surface area contributed by atoms with Crippen molar-refractivity contribution in [3.63, 3.8) is 0 Å². The lowest BCUT2D eigenvalue weighted by atomic mass is 10.0. The molecule has 0 aromatic rings. The molecule has 0 fully saturated rings. The van der Waals surface area contributed by atoms with Crippen LogP contribution in [0.4, 0.5) is 0 Å². The van der Waals surface area contributed by atoms with Gasteiger partial charge in [0.05, 0.1) is 39.9 Å². The number of carbonyl (C=O) groups is 1. The molecule has 0 aliphatic carbocycles. The predicted molar refractivity (Wildman–Crippen MR) is 196 cm³/mol. The highest BCUT2D eigenvalue weighted by Crippen LogP contribution is 2.38. The molecule has 0 aliphatic heterocycles. The van der Waals surface area contributed by atoms with Crippen molar-refractivity contribution in [2.45, 2.75) is 187 Å². The number of aliphatic hydroxyl groups is 1. The fraction of sp³-hybridized carbons (Fsp3) is 0.921. The van der Waals surface area contributed by atoms with Crippen molar-refractivity contribution < 1.29 is 32.9 Å². The molecular weight excluding hydrogens is 611 g/mol. The summed E-state index contributed by atoms with van der Waals surface area (Å²) in [5, 5.41) is 13.5. The van der Waals surface area contributed by atoms with Gasteiger partial charge in [-0.05, 0) is 19.3 Å². The third-order valence-electron chi connectivity index (χ3n) is 8.75. The molecule has 0 rings (SSSR count). The number of allylic oxidation sites excluding steroid dienone is 1. The Balaban J connectivity index is 4.07. The fourth-order valence-corrected chi connectivity index (χ4v) is 6.29. The number of likely N-dealkylation sites (N-methyl/N-ethyl adjacent to an activating group) is 1. The molecule has 9 heteroatoms. The standard InChI is InChI=1S/C38H77N2O6P/c1-6-8-10-11-12-13-14-15-16-17-18-19-20-21-22-23-24-25-26-27-28-30-31-37(41)36(39-38(42)32-29-9-7-2)35-46-47(43,44)45-34-33-40(3,4)5/h30-31,36-37,41H,6-29,32-35H2,1-5H3,(H-,39,42,43,44)/b31-30+. The average Bonchev–Trinajstić information content (AvgIpc) is 3.01. The molecule has 0 saturated carbocycles. The van der Waals surface area contributed by atoms with Crippen molar-refractivity contribution in [1.29, 1.82) is 0 Å². The smallest absolute Gasteiger partial charge is 0.268 e. The molecule has 3 unspecified atom stereocenters. The van der Waals surface area contributed by atoms with Gasteiger partial charge in [-0.25, -0.2) is 0 Å². The summed E-state index contributed by atoms with van der Waals surface area (Å²) in [6.07, 6.45) is 33.4. The molecule has 0 aromatic heterocycles. The maximum absolute atomic E-state index is 12.4. The molecule has 0 spiro atoms. The molecule has 8 nitrogen and oxygen atoms in total. The molecule has 2 N–H and O–H groups in total. The van der Waals surface area contributed by atoms with Crippen molar-refractivity contribution in [1.82, 2.24) is 5.32 Å². The van der Waals surface area contributed by atoms with Gasteiger partial charge in [-0.2, -0.15) is 0 Å². The maximum atomic E-state index is 12.4. The molecule has 47 heavy (non-hydrogen) atoms. The number of hydrogen-bond acceptors (Lipinski definition) is 6. The summed E-state index contributed by atoms with van der Waals surface area (Å²) in [5.74, 6) is -0.222. The summed E-state index contributed by atoms with van der Waals surface area (Å²) in [6, 6.07) is -0.875. The molecule has 3 atom stereocenters. The molecule has 0 radical (unpaired) electrons. The second kappa shape index (κ2) is 31.2. The fourth-order valence-electron chi connectivity index (χ4n) is 5.56. The highest BCUT2D eigenvalue weighted by molar-refractivity contribution is 7.45. The first-order chi connectivity index (χ1) is 22.5. The lowest BCUT2D eigenvalue weighted by Crippen LogP contribution is -2.45. The number of phosphoric acid groups is 1. The van der Waals surface area contributed by atoms with Crippen LogP contribution in [0, 0.1) is 0 Å². The van der Waals surface area contributed by atoms with E-state index in [1.807, 2.05) is 27.2 Å². The zero-order valence-electron chi connectivity index (χ0n) is 31.5. The average molecular weight is 689 g/mol. The Morgan fingerprint density at radius 1 is 0.723 bits per heavy atom. The van der Waals surface area contributed by atoms with Crippen LogP contribution in [0.25, 0.3) is 0 Å². The topological polar surface area (TPSA) is 108 Å². The van der Waals surface area contributed by atoms with E-state index in [0.29, 0.717) is 17.4 Å². The van der Waals surface area contributed by atoms with Gasteiger partial charge in [0.2, 0.25) is 5.91 Å². The highest BCUT2D eigenvalue weighted by Gasteiger charge is 2.23. The van der Waals surface area contributed by atoms with Crippen LogP contribution < -0.4 is 10.2 Å². The maximum Gasteiger partial charge on any atom is 0.268 e. The van der Waals surface area contributed by atoms with Crippen LogP contribution in [0.15, 0.2) is 12.2 Å². The van der Waals surface area contributed by atoms with Gasteiger partial charge in [-0.3, -0.25) is 9.36 Å². The van der Waals surface area contributed by atoms with Crippen LogP contribution in [0.2, 0.25) is 0 Å². The summed E-state index contributed by atoms with van der Waals surface area (Å²) in [5.41, 5.74) is 0. The number of quaternary nitrogens is 1. The van der Waals surface area contributed by atoms with E-state index < -0.39 is 20.0 Å². The molecule has 280 valence electrons. The van der Waals surface area contributed by atoms with Gasteiger partial charge in [-0.1, -0.05) is 161 Å². The van der Waals surface area contributed by atoms with Crippen LogP contribution in [-0.2, 0) is 18.4 Å². The zero-order chi connectivity index (χ0) is 35.1. The largest absolute Gasteiger partial charge is 0.756 e. The molecule has 0 heterocycles. The Hall–Kier alpha value is -0.760. The van der Waals surface area contributed by atoms with E-state index in [1.165, 1.54) is 116 Å². The summed E-state index contributed by atoms with van der Waals surface area (Å²) in [6.45, 7) is 4.46. The third kappa shape index (κ3) is 33.5. The summed E-state index contributed by atoms with van der Waals surface area (Å²) >= 11 is 0. The molecule has 0 bridgehead atoms. The van der Waals surface area contributed by atoms with Crippen LogP contribution in [-0.4, -0.2) is 68.5 Å². The van der Waals surface area contributed by atoms with Crippen molar-refractivity contribution in [3.8, 4) is 0 Å². The van der Waals surface area contributed by atoms with Gasteiger partial charge >= 0.3 is 0 Å². The molecular formula is C38H77N2O6P. The zero-order valence-corrected chi connectivity index (χ0v) is 32.4. The van der Waals surface area contributed by atoms with E-state index >= 15 is 0 Å². The van der Waals surface area contributed by atoms with E-state index in [-0.39, 0.29) is 19.1 Å². The summed E-state index contributed by atoms with van der Waals surface area (Å²) in [7, 11) is 1.26. The monoisotopic (exact) mass is 689 g/mol. The highest BCUT2D eigenvalue weighted by atomic mass is 31.2. The first kappa shape index (κ1) is 46.2. The first-order valence-electron chi connectivity index (χ1n) is 19.6. The Morgan fingerprint density at radius 2 is 1.15 bits per heavy atom. The number of nitrogens with one attached hydrogen (secondary N) is 1. The molecule has 1 amide bonds. The van der Waals surface area contributed by atoms with Gasteiger partial charge in [0.15, 0.2) is 0 Å². The SMILES string of the molecule is CCCCCCCCCCCCCCCCCCCCCC/C=C/C(O)C(COP(=O)([O-])OCC[N+](C)(C)C)NC(=O)CCCCC.